The number of nitrogens with zero attached hydrogens (tertiary/aromatic N) is 6. The molecule has 1 saturated carbocycles. The number of sulfonamides is 1. The van der Waals surface area contributed by atoms with Gasteiger partial charge in [-0.25, -0.2) is 21.9 Å². The highest BCUT2D eigenvalue weighted by molar-refractivity contribution is 7.88. The molecule has 0 atom stereocenters. The summed E-state index contributed by atoms with van der Waals surface area (Å²) in [5.74, 6) is 1.57. The number of nitrogens with one attached hydrogen (secondary N) is 1. The maximum absolute atomic E-state index is 13.4. The van der Waals surface area contributed by atoms with Crippen molar-refractivity contribution in [1.29, 1.82) is 0 Å². The molecule has 1 aromatic carbocycles. The van der Waals surface area contributed by atoms with E-state index < -0.39 is 16.4 Å². The second kappa shape index (κ2) is 8.84. The van der Waals surface area contributed by atoms with Crippen LogP contribution in [0.4, 0.5) is 20.5 Å². The van der Waals surface area contributed by atoms with Crippen molar-refractivity contribution in [2.45, 2.75) is 43.7 Å². The van der Waals surface area contributed by atoms with Crippen molar-refractivity contribution in [1.82, 2.24) is 24.1 Å². The molecule has 3 N–H and O–H groups in total. The average Bonchev–Trinajstić information content (AvgIpc) is 3.45. The summed E-state index contributed by atoms with van der Waals surface area (Å²) < 4.78 is 53.2. The molecule has 0 radical (unpaired) electrons. The van der Waals surface area contributed by atoms with E-state index in [1.54, 1.807) is 23.0 Å². The number of alkyl halides is 2. The van der Waals surface area contributed by atoms with Gasteiger partial charge in [0.2, 0.25) is 16.0 Å². The van der Waals surface area contributed by atoms with Gasteiger partial charge in [0.1, 0.15) is 5.82 Å². The van der Waals surface area contributed by atoms with E-state index in [2.05, 4.69) is 15.3 Å². The Hall–Kier alpha value is -2.90. The normalized spacial score (nSPS) is 20.9. The van der Waals surface area contributed by atoms with Crippen molar-refractivity contribution in [3.05, 3.63) is 36.0 Å². The van der Waals surface area contributed by atoms with Crippen LogP contribution in [0.1, 0.15) is 37.7 Å². The van der Waals surface area contributed by atoms with Crippen LogP contribution in [0.3, 0.4) is 0 Å². The van der Waals surface area contributed by atoms with E-state index in [1.807, 2.05) is 0 Å². The number of rotatable bonds is 7. The van der Waals surface area contributed by atoms with Crippen molar-refractivity contribution in [3.63, 3.8) is 0 Å². The zero-order valence-corrected chi connectivity index (χ0v) is 21.3. The Balaban J connectivity index is 1.34. The summed E-state index contributed by atoms with van der Waals surface area (Å²) in [7, 11) is -3.25. The van der Waals surface area contributed by atoms with Gasteiger partial charge in [0, 0.05) is 37.3 Å². The van der Waals surface area contributed by atoms with Crippen LogP contribution < -0.4 is 16.0 Å². The molecule has 4 heterocycles. The highest BCUT2D eigenvalue weighted by Gasteiger charge is 2.46. The lowest BCUT2D eigenvalue weighted by Crippen LogP contribution is -2.56. The van der Waals surface area contributed by atoms with Gasteiger partial charge in [-0.3, -0.25) is 0 Å². The summed E-state index contributed by atoms with van der Waals surface area (Å²) in [4.78, 5) is 11.7. The molecule has 2 saturated heterocycles. The Morgan fingerprint density at radius 3 is 2.54 bits per heavy atom. The number of fused-ring (bicyclic) bond motifs is 1. The van der Waals surface area contributed by atoms with Crippen LogP contribution in [0.5, 0.6) is 0 Å². The van der Waals surface area contributed by atoms with E-state index in [-0.39, 0.29) is 17.1 Å². The molecular weight excluding hydrogens is 502 g/mol. The molecule has 37 heavy (non-hydrogen) atoms. The fourth-order valence-electron chi connectivity index (χ4n) is 5.38. The van der Waals surface area contributed by atoms with Crippen molar-refractivity contribution in [3.8, 4) is 5.69 Å². The summed E-state index contributed by atoms with van der Waals surface area (Å²) in [6.07, 6.45) is 4.38. The molecule has 0 unspecified atom stereocenters. The van der Waals surface area contributed by atoms with Crippen LogP contribution in [0.25, 0.3) is 16.7 Å². The first-order valence-corrected chi connectivity index (χ1v) is 14.4. The number of aromatic nitrogens is 4. The van der Waals surface area contributed by atoms with E-state index in [9.17, 15) is 17.2 Å². The second-order valence-electron chi connectivity index (χ2n) is 10.5. The van der Waals surface area contributed by atoms with Crippen LogP contribution in [0.2, 0.25) is 0 Å². The Kier molecular flexibility index (Phi) is 5.84. The number of halogens is 2. The van der Waals surface area contributed by atoms with E-state index >= 15 is 0 Å². The number of piperidine rings is 1. The molecular formula is C24H30F2N8O2S. The minimum atomic E-state index is -3.25. The minimum absolute atomic E-state index is 0.0177. The largest absolute Gasteiger partial charge is 0.356 e. The lowest BCUT2D eigenvalue weighted by atomic mass is 9.88. The van der Waals surface area contributed by atoms with E-state index in [0.29, 0.717) is 36.3 Å². The summed E-state index contributed by atoms with van der Waals surface area (Å²) in [5.41, 5.74) is 7.34. The van der Waals surface area contributed by atoms with E-state index in [4.69, 9.17) is 15.7 Å². The number of benzene rings is 1. The zero-order valence-electron chi connectivity index (χ0n) is 20.5. The van der Waals surface area contributed by atoms with Crippen molar-refractivity contribution >= 4 is 32.8 Å². The van der Waals surface area contributed by atoms with Gasteiger partial charge in [-0.15, -0.1) is 0 Å². The molecule has 3 aromatic rings. The average molecular weight is 533 g/mol. The molecule has 198 valence electrons. The summed E-state index contributed by atoms with van der Waals surface area (Å²) >= 11 is 0. The van der Waals surface area contributed by atoms with E-state index in [1.165, 1.54) is 22.7 Å². The summed E-state index contributed by atoms with van der Waals surface area (Å²) in [6.45, 7) is 2.25. The van der Waals surface area contributed by atoms with Gasteiger partial charge in [-0.2, -0.15) is 19.4 Å². The van der Waals surface area contributed by atoms with E-state index in [0.717, 1.165) is 50.0 Å². The number of hydrogen-bond acceptors (Lipinski definition) is 8. The van der Waals surface area contributed by atoms with Crippen LogP contribution in [-0.2, 0) is 10.0 Å². The predicted molar refractivity (Wildman–Crippen MR) is 137 cm³/mol. The third kappa shape index (κ3) is 4.64. The SMILES string of the molecule is CS(=O)(=O)N1CC(Nc2nc(N3CCC(C4(N)CC4)CC3)c3cnn(-c4cccc(C(F)F)c4)c3n2)C1. The maximum atomic E-state index is 13.4. The third-order valence-corrected chi connectivity index (χ3v) is 9.10. The first-order valence-electron chi connectivity index (χ1n) is 12.5. The van der Waals surface area contributed by atoms with Gasteiger partial charge in [0.25, 0.3) is 6.43 Å². The molecule has 13 heteroatoms. The highest BCUT2D eigenvalue weighted by Crippen LogP contribution is 2.45. The topological polar surface area (TPSA) is 122 Å². The minimum Gasteiger partial charge on any atom is -0.356 e. The first-order chi connectivity index (χ1) is 17.6. The Labute approximate surface area is 213 Å². The Bertz CT molecular complexity index is 1430. The second-order valence-corrected chi connectivity index (χ2v) is 12.5. The Morgan fingerprint density at radius 1 is 1.16 bits per heavy atom. The quantitative estimate of drug-likeness (QED) is 0.476. The predicted octanol–water partition coefficient (Wildman–Crippen LogP) is 2.52. The monoisotopic (exact) mass is 532 g/mol. The van der Waals surface area contributed by atoms with Gasteiger partial charge in [0.05, 0.1) is 29.6 Å². The van der Waals surface area contributed by atoms with Gasteiger partial charge < -0.3 is 16.0 Å². The smallest absolute Gasteiger partial charge is 0.263 e. The summed E-state index contributed by atoms with van der Waals surface area (Å²) in [6, 6.07) is 5.95. The fourth-order valence-corrected chi connectivity index (χ4v) is 6.28. The lowest BCUT2D eigenvalue weighted by Gasteiger charge is -2.38. The first kappa shape index (κ1) is 24.4. The van der Waals surface area contributed by atoms with Gasteiger partial charge >= 0.3 is 0 Å². The fraction of sp³-hybridized carbons (Fsp3) is 0.542. The summed E-state index contributed by atoms with van der Waals surface area (Å²) in [5, 5.41) is 8.48. The highest BCUT2D eigenvalue weighted by atomic mass is 32.2. The number of nitrogens with two attached hydrogens (primary N) is 1. The van der Waals surface area contributed by atoms with Crippen LogP contribution in [-0.4, -0.2) is 76.5 Å². The molecule has 6 rings (SSSR count). The molecule has 3 aliphatic rings. The molecule has 1 aliphatic carbocycles. The van der Waals surface area contributed by atoms with Crippen molar-refractivity contribution < 1.29 is 17.2 Å². The number of hydrogen-bond donors (Lipinski definition) is 2. The maximum Gasteiger partial charge on any atom is 0.263 e. The standard InChI is InChI=1S/C24H30F2N8O2S/c1-37(35,36)33-13-17(14-33)29-23-30-21(32-9-5-16(6-10-32)24(27)7-8-24)19-12-28-34(22(19)31-23)18-4-2-3-15(11-18)20(25)26/h2-4,11-12,16-17,20H,5-10,13-14,27H2,1H3,(H,29,30,31). The van der Waals surface area contributed by atoms with Crippen LogP contribution >= 0.6 is 0 Å². The molecule has 0 amide bonds. The van der Waals surface area contributed by atoms with Gasteiger partial charge in [-0.05, 0) is 43.7 Å². The van der Waals surface area contributed by atoms with Gasteiger partial charge in [0.15, 0.2) is 5.65 Å². The molecule has 2 aromatic heterocycles. The lowest BCUT2D eigenvalue weighted by molar-refractivity contribution is 0.151. The van der Waals surface area contributed by atoms with Crippen LogP contribution in [0.15, 0.2) is 30.5 Å². The molecule has 10 nitrogen and oxygen atoms in total. The van der Waals surface area contributed by atoms with Crippen molar-refractivity contribution in [2.24, 2.45) is 11.7 Å². The Morgan fingerprint density at radius 2 is 1.89 bits per heavy atom. The number of anilines is 2. The van der Waals surface area contributed by atoms with Crippen LogP contribution in [0, 0.1) is 5.92 Å². The molecule has 0 bridgehead atoms. The molecule has 2 aliphatic heterocycles. The molecule has 0 spiro atoms. The third-order valence-electron chi connectivity index (χ3n) is 7.86. The molecule has 3 fully saturated rings. The van der Waals surface area contributed by atoms with Gasteiger partial charge in [-0.1, -0.05) is 12.1 Å². The van der Waals surface area contributed by atoms with Crippen molar-refractivity contribution in [2.75, 3.05) is 42.7 Å². The zero-order chi connectivity index (χ0) is 25.9.